The Kier molecular flexibility index (Phi) is 5.56. The van der Waals surface area contributed by atoms with Gasteiger partial charge in [0.25, 0.3) is 15.9 Å². The Balaban J connectivity index is 1.63. The van der Waals surface area contributed by atoms with Crippen LogP contribution >= 0.6 is 11.3 Å². The molecular weight excluding hydrogens is 410 g/mol. The van der Waals surface area contributed by atoms with Crippen molar-refractivity contribution in [1.29, 1.82) is 0 Å². The summed E-state index contributed by atoms with van der Waals surface area (Å²) in [5.74, 6) is -0.214. The van der Waals surface area contributed by atoms with Crippen molar-refractivity contribution in [2.75, 3.05) is 37.2 Å². The van der Waals surface area contributed by atoms with Crippen molar-refractivity contribution in [2.24, 2.45) is 0 Å². The van der Waals surface area contributed by atoms with Crippen molar-refractivity contribution in [3.8, 4) is 0 Å². The maximum absolute atomic E-state index is 12.6. The first-order valence-electron chi connectivity index (χ1n) is 8.07. The molecule has 0 radical (unpaired) electrons. The molecule has 8 nitrogen and oxygen atoms in total. The molecular formula is C16H19N3O5S3. The van der Waals surface area contributed by atoms with E-state index >= 15 is 0 Å². The minimum Gasteiger partial charge on any atom is -0.336 e. The van der Waals surface area contributed by atoms with E-state index in [1.807, 2.05) is 0 Å². The third-order valence-electron chi connectivity index (χ3n) is 4.05. The molecule has 1 aliphatic heterocycles. The second-order valence-corrected chi connectivity index (χ2v) is 10.9. The summed E-state index contributed by atoms with van der Waals surface area (Å²) in [4.78, 5) is 14.2. The van der Waals surface area contributed by atoms with Crippen LogP contribution < -0.4 is 4.72 Å². The zero-order valence-electron chi connectivity index (χ0n) is 14.5. The Morgan fingerprint density at radius 1 is 1.00 bits per heavy atom. The molecule has 1 aromatic carbocycles. The van der Waals surface area contributed by atoms with E-state index in [-0.39, 0.29) is 19.0 Å². The lowest BCUT2D eigenvalue weighted by molar-refractivity contribution is 0.0698. The number of carbonyl (C=O) groups excluding carboxylic acids is 1. The van der Waals surface area contributed by atoms with Crippen molar-refractivity contribution in [3.05, 3.63) is 47.3 Å². The predicted octanol–water partition coefficient (Wildman–Crippen LogP) is 1.27. The van der Waals surface area contributed by atoms with Gasteiger partial charge in [-0.15, -0.1) is 11.3 Å². The van der Waals surface area contributed by atoms with Crippen LogP contribution in [0.3, 0.4) is 0 Å². The zero-order valence-corrected chi connectivity index (χ0v) is 17.0. The first-order chi connectivity index (χ1) is 12.7. The number of hydrogen-bond acceptors (Lipinski definition) is 6. The first-order valence-corrected chi connectivity index (χ1v) is 12.3. The Labute approximate surface area is 162 Å². The Hall–Kier alpha value is -1.95. The van der Waals surface area contributed by atoms with Gasteiger partial charge in [-0.2, -0.15) is 4.31 Å². The van der Waals surface area contributed by atoms with Gasteiger partial charge in [0.1, 0.15) is 4.21 Å². The highest BCUT2D eigenvalue weighted by Crippen LogP contribution is 2.22. The largest absolute Gasteiger partial charge is 0.336 e. The minimum atomic E-state index is -3.51. The highest BCUT2D eigenvalue weighted by molar-refractivity contribution is 7.92. The number of anilines is 1. The van der Waals surface area contributed by atoms with Gasteiger partial charge < -0.3 is 4.90 Å². The van der Waals surface area contributed by atoms with Crippen LogP contribution in [0.1, 0.15) is 10.4 Å². The van der Waals surface area contributed by atoms with Crippen LogP contribution in [0.25, 0.3) is 0 Å². The summed E-state index contributed by atoms with van der Waals surface area (Å²) >= 11 is 1.17. The smallest absolute Gasteiger partial charge is 0.253 e. The molecule has 1 fully saturated rings. The fourth-order valence-electron chi connectivity index (χ4n) is 2.75. The van der Waals surface area contributed by atoms with Gasteiger partial charge in [0.05, 0.1) is 6.26 Å². The van der Waals surface area contributed by atoms with Gasteiger partial charge in [-0.3, -0.25) is 9.52 Å². The first kappa shape index (κ1) is 19.8. The number of piperazine rings is 1. The fraction of sp³-hybridized carbons (Fsp3) is 0.312. The van der Waals surface area contributed by atoms with Gasteiger partial charge in [0.15, 0.2) is 0 Å². The maximum Gasteiger partial charge on any atom is 0.253 e. The number of amides is 1. The highest BCUT2D eigenvalue weighted by atomic mass is 32.2. The Bertz CT molecular complexity index is 1010. The van der Waals surface area contributed by atoms with Crippen molar-refractivity contribution in [1.82, 2.24) is 9.21 Å². The number of nitrogens with one attached hydrogen (secondary N) is 1. The molecule has 1 aromatic heterocycles. The molecule has 2 aromatic rings. The molecule has 3 rings (SSSR count). The number of hydrogen-bond donors (Lipinski definition) is 1. The van der Waals surface area contributed by atoms with E-state index in [4.69, 9.17) is 0 Å². The van der Waals surface area contributed by atoms with Crippen molar-refractivity contribution >= 4 is 43.0 Å². The van der Waals surface area contributed by atoms with E-state index < -0.39 is 20.0 Å². The van der Waals surface area contributed by atoms with Crippen LogP contribution in [0.15, 0.2) is 46.0 Å². The highest BCUT2D eigenvalue weighted by Gasteiger charge is 2.30. The lowest BCUT2D eigenvalue weighted by Crippen LogP contribution is -2.50. The normalized spacial score (nSPS) is 16.3. The lowest BCUT2D eigenvalue weighted by atomic mass is 10.1. The van der Waals surface area contributed by atoms with Crippen molar-refractivity contribution in [2.45, 2.75) is 4.21 Å². The number of rotatable bonds is 5. The van der Waals surface area contributed by atoms with E-state index in [9.17, 15) is 21.6 Å². The average molecular weight is 430 g/mol. The van der Waals surface area contributed by atoms with Crippen LogP contribution in [0.2, 0.25) is 0 Å². The summed E-state index contributed by atoms with van der Waals surface area (Å²) in [6, 6.07) is 9.40. The Morgan fingerprint density at radius 3 is 2.15 bits per heavy atom. The molecule has 1 amide bonds. The molecule has 0 bridgehead atoms. The number of sulfonamides is 2. The second kappa shape index (κ2) is 7.58. The number of benzene rings is 1. The third-order valence-corrected chi connectivity index (χ3v) is 7.93. The van der Waals surface area contributed by atoms with Gasteiger partial charge in [-0.25, -0.2) is 16.8 Å². The van der Waals surface area contributed by atoms with Crippen molar-refractivity contribution < 1.29 is 21.6 Å². The molecule has 0 unspecified atom stereocenters. The average Bonchev–Trinajstić information content (AvgIpc) is 3.16. The van der Waals surface area contributed by atoms with Crippen molar-refractivity contribution in [3.63, 3.8) is 0 Å². The molecule has 27 heavy (non-hydrogen) atoms. The van der Waals surface area contributed by atoms with Crippen LogP contribution in [0, 0.1) is 0 Å². The summed E-state index contributed by atoms with van der Waals surface area (Å²) < 4.78 is 51.5. The van der Waals surface area contributed by atoms with E-state index in [0.29, 0.717) is 28.5 Å². The van der Waals surface area contributed by atoms with E-state index in [0.717, 1.165) is 6.26 Å². The van der Waals surface area contributed by atoms with Crippen LogP contribution in [-0.2, 0) is 20.0 Å². The van der Waals surface area contributed by atoms with Crippen LogP contribution in [0.5, 0.6) is 0 Å². The quantitative estimate of drug-likeness (QED) is 0.771. The van der Waals surface area contributed by atoms with Crippen LogP contribution in [0.4, 0.5) is 5.69 Å². The lowest BCUT2D eigenvalue weighted by Gasteiger charge is -2.33. The number of thiophene rings is 1. The molecule has 0 atom stereocenters. The molecule has 1 N–H and O–H groups in total. The summed E-state index contributed by atoms with van der Waals surface area (Å²) in [5, 5.41) is 1.72. The molecule has 0 saturated carbocycles. The third kappa shape index (κ3) is 4.67. The van der Waals surface area contributed by atoms with E-state index in [2.05, 4.69) is 4.72 Å². The number of nitrogens with zero attached hydrogens (tertiary/aromatic N) is 2. The predicted molar refractivity (Wildman–Crippen MR) is 104 cm³/mol. The molecule has 1 saturated heterocycles. The summed E-state index contributed by atoms with van der Waals surface area (Å²) in [7, 11) is -6.88. The van der Waals surface area contributed by atoms with Crippen LogP contribution in [-0.4, -0.2) is 64.4 Å². The summed E-state index contributed by atoms with van der Waals surface area (Å²) in [6.07, 6.45) is 1.05. The molecule has 2 heterocycles. The molecule has 0 aliphatic carbocycles. The molecule has 0 spiro atoms. The zero-order chi connectivity index (χ0) is 19.7. The molecule has 11 heteroatoms. The Morgan fingerprint density at radius 2 is 1.63 bits per heavy atom. The van der Waals surface area contributed by atoms with Gasteiger partial charge in [-0.05, 0) is 35.7 Å². The van der Waals surface area contributed by atoms with Gasteiger partial charge in [0, 0.05) is 37.4 Å². The fourth-order valence-corrected chi connectivity index (χ4v) is 5.88. The van der Waals surface area contributed by atoms with Gasteiger partial charge in [0.2, 0.25) is 10.0 Å². The SMILES string of the molecule is CS(=O)(=O)Nc1ccc(C(=O)N2CCN(S(=O)(=O)c3cccs3)CC2)cc1. The van der Waals surface area contributed by atoms with E-state index in [1.54, 1.807) is 34.5 Å². The second-order valence-electron chi connectivity index (χ2n) is 6.08. The summed E-state index contributed by atoms with van der Waals surface area (Å²) in [5.41, 5.74) is 0.796. The van der Waals surface area contributed by atoms with Gasteiger partial charge in [-0.1, -0.05) is 6.07 Å². The monoisotopic (exact) mass is 429 g/mol. The number of carbonyl (C=O) groups is 1. The molecule has 1 aliphatic rings. The standard InChI is InChI=1S/C16H19N3O5S3/c1-26(21,22)17-14-6-4-13(5-7-14)16(20)18-8-10-19(11-9-18)27(23,24)15-3-2-12-25-15/h2-7,12,17H,8-11H2,1H3. The molecule has 146 valence electrons. The van der Waals surface area contributed by atoms with Gasteiger partial charge >= 0.3 is 0 Å². The summed E-state index contributed by atoms with van der Waals surface area (Å²) in [6.45, 7) is 1.07. The maximum atomic E-state index is 12.6. The topological polar surface area (TPSA) is 104 Å². The van der Waals surface area contributed by atoms with E-state index in [1.165, 1.54) is 27.8 Å². The minimum absolute atomic E-state index is 0.214.